The summed E-state index contributed by atoms with van der Waals surface area (Å²) in [6, 6.07) is 14.0. The summed E-state index contributed by atoms with van der Waals surface area (Å²) in [5, 5.41) is 11.4. The van der Waals surface area contributed by atoms with Crippen LogP contribution >= 0.6 is 0 Å². The van der Waals surface area contributed by atoms with E-state index < -0.39 is 0 Å². The van der Waals surface area contributed by atoms with Gasteiger partial charge in [-0.3, -0.25) is 14.4 Å². The van der Waals surface area contributed by atoms with E-state index in [1.807, 2.05) is 13.8 Å². The molecule has 0 saturated carbocycles. The molecular formula is C21H26N4O3. The van der Waals surface area contributed by atoms with E-state index in [1.54, 1.807) is 48.5 Å². The lowest BCUT2D eigenvalue weighted by molar-refractivity contribution is -0.115. The fourth-order valence-electron chi connectivity index (χ4n) is 2.38. The van der Waals surface area contributed by atoms with Crippen LogP contribution in [0.1, 0.15) is 37.6 Å². The first-order chi connectivity index (χ1) is 13.4. The number of rotatable bonds is 8. The number of nitrogens with one attached hydrogen (secondary N) is 4. The smallest absolute Gasteiger partial charge is 0.251 e. The molecule has 0 heterocycles. The molecule has 2 rings (SSSR count). The van der Waals surface area contributed by atoms with Crippen molar-refractivity contribution in [3.8, 4) is 0 Å². The molecular weight excluding hydrogens is 356 g/mol. The highest BCUT2D eigenvalue weighted by Gasteiger charge is 2.09. The standard InChI is InChI=1S/C21H26N4O3/c1-4-14(2)23-21(28)16-5-7-19(8-6-16)25-20(27)13-22-17-9-11-18(12-10-17)24-15(3)26/h5-12,14,22H,4,13H2,1-3H3,(H,23,28)(H,24,26)(H,25,27). The molecule has 0 aliphatic heterocycles. The highest BCUT2D eigenvalue weighted by Crippen LogP contribution is 2.14. The third-order valence-electron chi connectivity index (χ3n) is 4.08. The van der Waals surface area contributed by atoms with E-state index in [9.17, 15) is 14.4 Å². The Bertz CT molecular complexity index is 817. The van der Waals surface area contributed by atoms with Gasteiger partial charge in [-0.05, 0) is 61.9 Å². The minimum absolute atomic E-state index is 0.0930. The molecule has 0 spiro atoms. The van der Waals surface area contributed by atoms with E-state index in [4.69, 9.17) is 0 Å². The van der Waals surface area contributed by atoms with Gasteiger partial charge in [0.25, 0.3) is 5.91 Å². The van der Waals surface area contributed by atoms with Crippen LogP contribution in [0.4, 0.5) is 17.1 Å². The third-order valence-corrected chi connectivity index (χ3v) is 4.08. The van der Waals surface area contributed by atoms with Crippen molar-refractivity contribution >= 4 is 34.8 Å². The van der Waals surface area contributed by atoms with Gasteiger partial charge in [-0.25, -0.2) is 0 Å². The minimum atomic E-state index is -0.206. The van der Waals surface area contributed by atoms with Crippen molar-refractivity contribution in [3.05, 3.63) is 54.1 Å². The molecule has 148 valence electrons. The Morgan fingerprint density at radius 1 is 0.857 bits per heavy atom. The average Bonchev–Trinajstić information content (AvgIpc) is 2.67. The molecule has 0 aliphatic carbocycles. The zero-order valence-electron chi connectivity index (χ0n) is 16.3. The maximum Gasteiger partial charge on any atom is 0.251 e. The van der Waals surface area contributed by atoms with Gasteiger partial charge in [-0.15, -0.1) is 0 Å². The van der Waals surface area contributed by atoms with Crippen molar-refractivity contribution in [2.24, 2.45) is 0 Å². The molecule has 4 N–H and O–H groups in total. The van der Waals surface area contributed by atoms with Gasteiger partial charge in [-0.1, -0.05) is 6.92 Å². The number of benzene rings is 2. The van der Waals surface area contributed by atoms with Crippen LogP contribution in [0.3, 0.4) is 0 Å². The molecule has 7 heteroatoms. The normalized spacial score (nSPS) is 11.2. The Morgan fingerprint density at radius 3 is 1.96 bits per heavy atom. The molecule has 28 heavy (non-hydrogen) atoms. The Balaban J connectivity index is 1.82. The van der Waals surface area contributed by atoms with E-state index in [-0.39, 0.29) is 30.3 Å². The zero-order chi connectivity index (χ0) is 20.5. The van der Waals surface area contributed by atoms with Crippen molar-refractivity contribution < 1.29 is 14.4 Å². The number of carbonyl (C=O) groups excluding carboxylic acids is 3. The highest BCUT2D eigenvalue weighted by atomic mass is 16.2. The van der Waals surface area contributed by atoms with Gasteiger partial charge in [0.1, 0.15) is 0 Å². The summed E-state index contributed by atoms with van der Waals surface area (Å²) in [6.07, 6.45) is 0.864. The van der Waals surface area contributed by atoms with E-state index in [0.29, 0.717) is 16.9 Å². The number of amides is 3. The van der Waals surface area contributed by atoms with Gasteiger partial charge in [0.15, 0.2) is 0 Å². The molecule has 3 amide bonds. The fourth-order valence-corrected chi connectivity index (χ4v) is 2.38. The maximum absolute atomic E-state index is 12.1. The van der Waals surface area contributed by atoms with E-state index >= 15 is 0 Å². The molecule has 0 bridgehead atoms. The number of hydrogen-bond acceptors (Lipinski definition) is 4. The van der Waals surface area contributed by atoms with Gasteiger partial charge >= 0.3 is 0 Å². The highest BCUT2D eigenvalue weighted by molar-refractivity contribution is 5.96. The second-order valence-electron chi connectivity index (χ2n) is 6.52. The van der Waals surface area contributed by atoms with Crippen LogP contribution < -0.4 is 21.3 Å². The predicted octanol–water partition coefficient (Wildman–Crippen LogP) is 3.22. The van der Waals surface area contributed by atoms with Crippen molar-refractivity contribution in [3.63, 3.8) is 0 Å². The fraction of sp³-hybridized carbons (Fsp3) is 0.286. The summed E-state index contributed by atoms with van der Waals surface area (Å²) >= 11 is 0. The molecule has 1 unspecified atom stereocenters. The average molecular weight is 382 g/mol. The van der Waals surface area contributed by atoms with E-state index in [1.165, 1.54) is 6.92 Å². The zero-order valence-corrected chi connectivity index (χ0v) is 16.3. The van der Waals surface area contributed by atoms with Crippen molar-refractivity contribution in [1.29, 1.82) is 0 Å². The van der Waals surface area contributed by atoms with Gasteiger partial charge in [0.05, 0.1) is 6.54 Å². The summed E-state index contributed by atoms with van der Waals surface area (Å²) in [4.78, 5) is 35.2. The largest absolute Gasteiger partial charge is 0.376 e. The second kappa shape index (κ2) is 10.1. The summed E-state index contributed by atoms with van der Waals surface area (Å²) in [7, 11) is 0. The monoisotopic (exact) mass is 382 g/mol. The molecule has 2 aromatic carbocycles. The molecule has 0 aromatic heterocycles. The summed E-state index contributed by atoms with van der Waals surface area (Å²) in [5.41, 5.74) is 2.63. The number of carbonyl (C=O) groups is 3. The molecule has 0 fully saturated rings. The Morgan fingerprint density at radius 2 is 1.39 bits per heavy atom. The predicted molar refractivity (Wildman–Crippen MR) is 112 cm³/mol. The van der Waals surface area contributed by atoms with Crippen molar-refractivity contribution in [2.45, 2.75) is 33.2 Å². The first-order valence-corrected chi connectivity index (χ1v) is 9.19. The lowest BCUT2D eigenvalue weighted by Gasteiger charge is -2.12. The quantitative estimate of drug-likeness (QED) is 0.563. The number of anilines is 3. The second-order valence-corrected chi connectivity index (χ2v) is 6.52. The van der Waals surface area contributed by atoms with Crippen LogP contribution in [-0.4, -0.2) is 30.3 Å². The van der Waals surface area contributed by atoms with Gasteiger partial charge < -0.3 is 21.3 Å². The lowest BCUT2D eigenvalue weighted by atomic mass is 10.1. The first-order valence-electron chi connectivity index (χ1n) is 9.19. The minimum Gasteiger partial charge on any atom is -0.376 e. The van der Waals surface area contributed by atoms with Crippen LogP contribution in [0.5, 0.6) is 0 Å². The topological polar surface area (TPSA) is 99.3 Å². The summed E-state index contributed by atoms with van der Waals surface area (Å²) < 4.78 is 0. The van der Waals surface area contributed by atoms with Crippen molar-refractivity contribution in [2.75, 3.05) is 22.5 Å². The van der Waals surface area contributed by atoms with Crippen LogP contribution in [0.2, 0.25) is 0 Å². The van der Waals surface area contributed by atoms with E-state index in [2.05, 4.69) is 21.3 Å². The first kappa shape index (κ1) is 21.0. The van der Waals surface area contributed by atoms with Crippen molar-refractivity contribution in [1.82, 2.24) is 5.32 Å². The Hall–Kier alpha value is -3.35. The lowest BCUT2D eigenvalue weighted by Crippen LogP contribution is -2.31. The summed E-state index contributed by atoms with van der Waals surface area (Å²) in [5.74, 6) is -0.470. The summed E-state index contributed by atoms with van der Waals surface area (Å²) in [6.45, 7) is 5.50. The number of hydrogen-bond donors (Lipinski definition) is 4. The van der Waals surface area contributed by atoms with Crippen LogP contribution in [0, 0.1) is 0 Å². The van der Waals surface area contributed by atoms with Crippen LogP contribution in [0.25, 0.3) is 0 Å². The molecule has 7 nitrogen and oxygen atoms in total. The SMILES string of the molecule is CCC(C)NC(=O)c1ccc(NC(=O)CNc2ccc(NC(C)=O)cc2)cc1. The Kier molecular flexibility index (Phi) is 7.56. The van der Waals surface area contributed by atoms with Gasteiger partial charge in [0.2, 0.25) is 11.8 Å². The van der Waals surface area contributed by atoms with Gasteiger partial charge in [-0.2, -0.15) is 0 Å². The van der Waals surface area contributed by atoms with Gasteiger partial charge in [0, 0.05) is 35.6 Å². The van der Waals surface area contributed by atoms with E-state index in [0.717, 1.165) is 12.1 Å². The molecule has 0 saturated heterocycles. The molecule has 2 aromatic rings. The maximum atomic E-state index is 12.1. The van der Waals surface area contributed by atoms with Crippen LogP contribution in [0.15, 0.2) is 48.5 Å². The molecule has 1 atom stereocenters. The molecule has 0 radical (unpaired) electrons. The van der Waals surface area contributed by atoms with Crippen LogP contribution in [-0.2, 0) is 9.59 Å². The molecule has 0 aliphatic rings. The third kappa shape index (κ3) is 6.75. The Labute approximate surface area is 164 Å².